The molecular formula is C16H21N3O. The molecule has 0 aliphatic carbocycles. The van der Waals surface area contributed by atoms with Crippen molar-refractivity contribution in [2.24, 2.45) is 0 Å². The first kappa shape index (κ1) is 13.3. The number of benzene rings is 1. The second-order valence-electron chi connectivity index (χ2n) is 5.31. The Hall–Kier alpha value is -1.65. The van der Waals surface area contributed by atoms with E-state index in [-0.39, 0.29) is 6.04 Å². The Morgan fingerprint density at radius 2 is 2.10 bits per heavy atom. The van der Waals surface area contributed by atoms with E-state index in [0.29, 0.717) is 0 Å². The van der Waals surface area contributed by atoms with Crippen molar-refractivity contribution in [1.82, 2.24) is 15.1 Å². The van der Waals surface area contributed by atoms with Crippen LogP contribution in [0.4, 0.5) is 0 Å². The van der Waals surface area contributed by atoms with Gasteiger partial charge in [-0.05, 0) is 19.4 Å². The van der Waals surface area contributed by atoms with Crippen molar-refractivity contribution in [2.45, 2.75) is 26.4 Å². The van der Waals surface area contributed by atoms with Crippen LogP contribution in [-0.2, 0) is 11.3 Å². The zero-order valence-electron chi connectivity index (χ0n) is 12.1. The summed E-state index contributed by atoms with van der Waals surface area (Å²) in [7, 11) is 0. The molecule has 1 saturated heterocycles. The Bertz CT molecular complexity index is 571. The maximum atomic E-state index is 5.57. The number of morpholine rings is 1. The third kappa shape index (κ3) is 2.62. The van der Waals surface area contributed by atoms with Gasteiger partial charge in [0.05, 0.1) is 31.5 Å². The standard InChI is InChI=1S/C16H21N3O/c1-12-16(15-11-20-9-8-17-15)13(2)19(18-12)10-14-6-4-3-5-7-14/h3-7,15,17H,8-11H2,1-2H3. The minimum absolute atomic E-state index is 0.272. The molecule has 0 saturated carbocycles. The van der Waals surface area contributed by atoms with Crippen molar-refractivity contribution in [1.29, 1.82) is 0 Å². The number of aromatic nitrogens is 2. The second kappa shape index (κ2) is 5.77. The molecule has 20 heavy (non-hydrogen) atoms. The molecule has 4 nitrogen and oxygen atoms in total. The third-order valence-electron chi connectivity index (χ3n) is 3.88. The minimum Gasteiger partial charge on any atom is -0.378 e. The van der Waals surface area contributed by atoms with Crippen molar-refractivity contribution in [3.63, 3.8) is 0 Å². The van der Waals surface area contributed by atoms with E-state index in [0.717, 1.165) is 32.0 Å². The maximum Gasteiger partial charge on any atom is 0.0663 e. The fourth-order valence-corrected chi connectivity index (χ4v) is 2.88. The van der Waals surface area contributed by atoms with Crippen LogP contribution < -0.4 is 5.32 Å². The largest absolute Gasteiger partial charge is 0.378 e. The van der Waals surface area contributed by atoms with Gasteiger partial charge in [-0.25, -0.2) is 0 Å². The van der Waals surface area contributed by atoms with Crippen LogP contribution in [0.1, 0.15) is 28.6 Å². The van der Waals surface area contributed by atoms with Crippen molar-refractivity contribution in [3.05, 3.63) is 52.8 Å². The molecule has 1 aromatic carbocycles. The third-order valence-corrected chi connectivity index (χ3v) is 3.88. The summed E-state index contributed by atoms with van der Waals surface area (Å²) < 4.78 is 7.67. The van der Waals surface area contributed by atoms with Crippen LogP contribution >= 0.6 is 0 Å². The summed E-state index contributed by atoms with van der Waals surface area (Å²) in [5.41, 5.74) is 4.90. The Morgan fingerprint density at radius 3 is 2.80 bits per heavy atom. The van der Waals surface area contributed by atoms with E-state index in [4.69, 9.17) is 9.84 Å². The molecule has 1 fully saturated rings. The zero-order chi connectivity index (χ0) is 13.9. The minimum atomic E-state index is 0.272. The molecule has 3 rings (SSSR count). The van der Waals surface area contributed by atoms with E-state index >= 15 is 0 Å². The summed E-state index contributed by atoms with van der Waals surface area (Å²) in [5, 5.41) is 8.22. The van der Waals surface area contributed by atoms with E-state index < -0.39 is 0 Å². The van der Waals surface area contributed by atoms with Gasteiger partial charge >= 0.3 is 0 Å². The number of ether oxygens (including phenoxy) is 1. The van der Waals surface area contributed by atoms with Crippen LogP contribution in [0.15, 0.2) is 30.3 Å². The van der Waals surface area contributed by atoms with Gasteiger partial charge < -0.3 is 10.1 Å². The highest BCUT2D eigenvalue weighted by Crippen LogP contribution is 2.24. The lowest BCUT2D eigenvalue weighted by Crippen LogP contribution is -2.35. The predicted octanol–water partition coefficient (Wildman–Crippen LogP) is 2.21. The first-order valence-electron chi connectivity index (χ1n) is 7.14. The van der Waals surface area contributed by atoms with E-state index in [1.54, 1.807) is 0 Å². The van der Waals surface area contributed by atoms with Crippen LogP contribution in [-0.4, -0.2) is 29.5 Å². The number of hydrogen-bond donors (Lipinski definition) is 1. The van der Waals surface area contributed by atoms with Gasteiger partial charge in [0.15, 0.2) is 0 Å². The average Bonchev–Trinajstić information content (AvgIpc) is 2.75. The van der Waals surface area contributed by atoms with Crippen LogP contribution in [0.25, 0.3) is 0 Å². The molecule has 1 unspecified atom stereocenters. The van der Waals surface area contributed by atoms with Gasteiger partial charge in [0.25, 0.3) is 0 Å². The number of nitrogens with zero attached hydrogens (tertiary/aromatic N) is 2. The fourth-order valence-electron chi connectivity index (χ4n) is 2.88. The van der Waals surface area contributed by atoms with E-state index in [9.17, 15) is 0 Å². The summed E-state index contributed by atoms with van der Waals surface area (Å²) in [6.07, 6.45) is 0. The molecule has 0 bridgehead atoms. The lowest BCUT2D eigenvalue weighted by molar-refractivity contribution is 0.0764. The van der Waals surface area contributed by atoms with Gasteiger partial charge in [0, 0.05) is 17.8 Å². The molecule has 1 atom stereocenters. The number of nitrogens with one attached hydrogen (secondary N) is 1. The van der Waals surface area contributed by atoms with Crippen LogP contribution in [0.2, 0.25) is 0 Å². The highest BCUT2D eigenvalue weighted by Gasteiger charge is 2.22. The quantitative estimate of drug-likeness (QED) is 0.930. The molecule has 1 aliphatic rings. The SMILES string of the molecule is Cc1nn(Cc2ccccc2)c(C)c1C1COCCN1. The smallest absolute Gasteiger partial charge is 0.0663 e. The van der Waals surface area contributed by atoms with Gasteiger partial charge in [-0.1, -0.05) is 30.3 Å². The number of hydrogen-bond acceptors (Lipinski definition) is 3. The summed E-state index contributed by atoms with van der Waals surface area (Å²) in [6, 6.07) is 10.7. The van der Waals surface area contributed by atoms with Crippen molar-refractivity contribution in [3.8, 4) is 0 Å². The molecule has 1 aromatic heterocycles. The van der Waals surface area contributed by atoms with Gasteiger partial charge in [0.1, 0.15) is 0 Å². The van der Waals surface area contributed by atoms with Gasteiger partial charge in [0.2, 0.25) is 0 Å². The van der Waals surface area contributed by atoms with Crippen molar-refractivity contribution >= 4 is 0 Å². The highest BCUT2D eigenvalue weighted by atomic mass is 16.5. The second-order valence-corrected chi connectivity index (χ2v) is 5.31. The number of aryl methyl sites for hydroxylation is 1. The molecule has 1 aliphatic heterocycles. The van der Waals surface area contributed by atoms with Crippen LogP contribution in [0, 0.1) is 13.8 Å². The average molecular weight is 271 g/mol. The Labute approximate surface area is 119 Å². The molecule has 0 amide bonds. The molecule has 4 heteroatoms. The Kier molecular flexibility index (Phi) is 3.85. The van der Waals surface area contributed by atoms with Crippen LogP contribution in [0.5, 0.6) is 0 Å². The first-order chi connectivity index (χ1) is 9.75. The normalized spacial score (nSPS) is 19.2. The molecular weight excluding hydrogens is 250 g/mol. The van der Waals surface area contributed by atoms with Crippen LogP contribution in [0.3, 0.4) is 0 Å². The summed E-state index contributed by atoms with van der Waals surface area (Å²) >= 11 is 0. The highest BCUT2D eigenvalue weighted by molar-refractivity contribution is 5.29. The monoisotopic (exact) mass is 271 g/mol. The molecule has 2 heterocycles. The fraction of sp³-hybridized carbons (Fsp3) is 0.438. The molecule has 1 N–H and O–H groups in total. The molecule has 0 spiro atoms. The molecule has 0 radical (unpaired) electrons. The predicted molar refractivity (Wildman–Crippen MR) is 78.8 cm³/mol. The molecule has 2 aromatic rings. The zero-order valence-corrected chi connectivity index (χ0v) is 12.1. The summed E-state index contributed by atoms with van der Waals surface area (Å²) in [5.74, 6) is 0. The lowest BCUT2D eigenvalue weighted by Gasteiger charge is -2.24. The maximum absolute atomic E-state index is 5.57. The van der Waals surface area contributed by atoms with E-state index in [1.165, 1.54) is 16.8 Å². The van der Waals surface area contributed by atoms with E-state index in [1.807, 2.05) is 6.07 Å². The van der Waals surface area contributed by atoms with Crippen molar-refractivity contribution < 1.29 is 4.74 Å². The topological polar surface area (TPSA) is 39.1 Å². The van der Waals surface area contributed by atoms with Gasteiger partial charge in [-0.15, -0.1) is 0 Å². The van der Waals surface area contributed by atoms with Gasteiger partial charge in [-0.2, -0.15) is 5.10 Å². The summed E-state index contributed by atoms with van der Waals surface area (Å²) in [6.45, 7) is 7.49. The van der Waals surface area contributed by atoms with E-state index in [2.05, 4.69) is 48.1 Å². The van der Waals surface area contributed by atoms with Crippen molar-refractivity contribution in [2.75, 3.05) is 19.8 Å². The van der Waals surface area contributed by atoms with Gasteiger partial charge in [-0.3, -0.25) is 4.68 Å². The lowest BCUT2D eigenvalue weighted by atomic mass is 10.0. The molecule has 106 valence electrons. The Morgan fingerprint density at radius 1 is 1.30 bits per heavy atom. The number of rotatable bonds is 3. The summed E-state index contributed by atoms with van der Waals surface area (Å²) in [4.78, 5) is 0. The first-order valence-corrected chi connectivity index (χ1v) is 7.14. The Balaban J connectivity index is 1.86.